The summed E-state index contributed by atoms with van der Waals surface area (Å²) in [6, 6.07) is 83.3. The Bertz CT molecular complexity index is 4270. The summed E-state index contributed by atoms with van der Waals surface area (Å²) in [6.07, 6.45) is 0. The van der Waals surface area contributed by atoms with Crippen LogP contribution in [0.25, 0.3) is 121 Å². The highest BCUT2D eigenvalue weighted by atomic mass is 15.0. The lowest BCUT2D eigenvalue weighted by Gasteiger charge is -2.31. The summed E-state index contributed by atoms with van der Waals surface area (Å²) in [7, 11) is 0. The lowest BCUT2D eigenvalue weighted by Crippen LogP contribution is -2.17. The summed E-state index contributed by atoms with van der Waals surface area (Å²) < 4.78 is 4.56. The molecule has 4 heteroatoms. The molecule has 76 heavy (non-hydrogen) atoms. The zero-order chi connectivity index (χ0) is 52.0. The molecule has 0 bridgehead atoms. The third kappa shape index (κ3) is 7.65. The van der Waals surface area contributed by atoms with E-state index < -0.39 is 0 Å². The smallest absolute Gasteiger partial charge is 0.0992 e. The maximum Gasteiger partial charge on any atom is 0.0992 e. The molecule has 2 aromatic heterocycles. The quantitative estimate of drug-likeness (QED) is 0.156. The van der Waals surface area contributed by atoms with Crippen LogP contribution in [0.4, 0.5) is 0 Å². The van der Waals surface area contributed by atoms with Crippen LogP contribution in [0.5, 0.6) is 0 Å². The molecule has 4 nitrogen and oxygen atoms in total. The normalized spacial score (nSPS) is 12.1. The number of para-hydroxylation sites is 2. The first kappa shape index (κ1) is 46.3. The summed E-state index contributed by atoms with van der Waals surface area (Å²) in [4.78, 5) is 0. The van der Waals surface area contributed by atoms with Crippen LogP contribution in [-0.4, -0.2) is 9.13 Å². The minimum Gasteiger partial charge on any atom is -0.309 e. The van der Waals surface area contributed by atoms with Gasteiger partial charge in [-0.05, 0) is 161 Å². The van der Waals surface area contributed by atoms with Gasteiger partial charge in [0.1, 0.15) is 0 Å². The van der Waals surface area contributed by atoms with Crippen LogP contribution in [0.2, 0.25) is 0 Å². The molecule has 0 amide bonds. The summed E-state index contributed by atoms with van der Waals surface area (Å²) >= 11 is 0. The third-order valence-electron chi connectivity index (χ3n) is 15.5. The van der Waals surface area contributed by atoms with Crippen molar-refractivity contribution in [3.05, 3.63) is 241 Å². The summed E-state index contributed by atoms with van der Waals surface area (Å²) in [5.41, 5.74) is 19.5. The van der Waals surface area contributed by atoms with Gasteiger partial charge in [-0.3, -0.25) is 0 Å². The number of fused-ring (bicyclic) bond motifs is 8. The van der Waals surface area contributed by atoms with Crippen LogP contribution in [0, 0.1) is 22.7 Å². The van der Waals surface area contributed by atoms with E-state index in [9.17, 15) is 10.5 Å². The molecule has 0 fully saturated rings. The van der Waals surface area contributed by atoms with E-state index in [0.717, 1.165) is 77.2 Å². The second-order valence-corrected chi connectivity index (χ2v) is 22.4. The fourth-order valence-corrected chi connectivity index (χ4v) is 12.2. The molecule has 13 rings (SSSR count). The highest BCUT2D eigenvalue weighted by Gasteiger charge is 2.28. The largest absolute Gasteiger partial charge is 0.309 e. The van der Waals surface area contributed by atoms with Gasteiger partial charge >= 0.3 is 0 Å². The first-order valence-corrected chi connectivity index (χ1v) is 26.2. The van der Waals surface area contributed by atoms with Gasteiger partial charge in [-0.25, -0.2) is 0 Å². The minimum atomic E-state index is -0.138. The fraction of sp³-hybridized carbons (Fsp3) is 0.111. The van der Waals surface area contributed by atoms with Gasteiger partial charge in [0, 0.05) is 32.9 Å². The molecule has 0 atom stereocenters. The number of nitrogens with zero attached hydrogens (tertiary/aromatic N) is 4. The fourth-order valence-electron chi connectivity index (χ4n) is 12.2. The van der Waals surface area contributed by atoms with Crippen molar-refractivity contribution in [1.29, 1.82) is 10.5 Å². The second-order valence-electron chi connectivity index (χ2n) is 22.4. The predicted molar refractivity (Wildman–Crippen MR) is 319 cm³/mol. The van der Waals surface area contributed by atoms with Gasteiger partial charge in [-0.15, -0.1) is 0 Å². The summed E-state index contributed by atoms with van der Waals surface area (Å²) in [5.74, 6) is 0. The second kappa shape index (κ2) is 17.6. The van der Waals surface area contributed by atoms with E-state index in [0.29, 0.717) is 11.1 Å². The van der Waals surface area contributed by atoms with E-state index in [1.807, 2.05) is 36.4 Å². The van der Waals surface area contributed by atoms with Crippen molar-refractivity contribution >= 4 is 65.2 Å². The Balaban J connectivity index is 0.869. The molecule has 11 aromatic carbocycles. The van der Waals surface area contributed by atoms with Gasteiger partial charge in [0.05, 0.1) is 45.3 Å². The molecule has 0 unspecified atom stereocenters. The van der Waals surface area contributed by atoms with Crippen molar-refractivity contribution in [3.63, 3.8) is 0 Å². The lowest BCUT2D eigenvalue weighted by molar-refractivity contribution is 0.593. The number of hydrogen-bond acceptors (Lipinski definition) is 2. The number of rotatable bonds is 6. The van der Waals surface area contributed by atoms with E-state index in [4.69, 9.17) is 0 Å². The average molecular weight is 975 g/mol. The standard InChI is InChI=1S/C72H54N4/c1-71(2,3)69-61-35-29-52(48-21-25-50(26-22-48)54-28-34-60-58-32-18-46(44-74)38-66(58)76(68(60)42-54)56-15-11-8-12-16-56)40-64(61)70(72(4,5)6)62-36-30-51(39-63(62)69)47-19-23-49(24-20-47)53-27-33-59-57-31-17-45(43-73)37-65(57)75(67(59)41-53)55-13-9-7-10-14-55/h7-42H,1-6H3. The predicted octanol–water partition coefficient (Wildman–Crippen LogP) is 19.2. The van der Waals surface area contributed by atoms with Crippen LogP contribution >= 0.6 is 0 Å². The first-order valence-electron chi connectivity index (χ1n) is 26.2. The van der Waals surface area contributed by atoms with E-state index in [-0.39, 0.29) is 10.8 Å². The Morgan fingerprint density at radius 1 is 0.276 bits per heavy atom. The van der Waals surface area contributed by atoms with E-state index in [1.54, 1.807) is 0 Å². The molecule has 0 aliphatic rings. The van der Waals surface area contributed by atoms with Gasteiger partial charge in [0.15, 0.2) is 0 Å². The zero-order valence-corrected chi connectivity index (χ0v) is 43.6. The van der Waals surface area contributed by atoms with Gasteiger partial charge < -0.3 is 9.13 Å². The van der Waals surface area contributed by atoms with Gasteiger partial charge in [-0.2, -0.15) is 10.5 Å². The molecule has 362 valence electrons. The Kier molecular flexibility index (Phi) is 10.7. The molecular formula is C72H54N4. The summed E-state index contributed by atoms with van der Waals surface area (Å²) in [5, 5.41) is 29.4. The Labute approximate surface area is 443 Å². The van der Waals surface area contributed by atoms with Crippen molar-refractivity contribution < 1.29 is 0 Å². The topological polar surface area (TPSA) is 57.4 Å². The van der Waals surface area contributed by atoms with E-state index >= 15 is 0 Å². The number of aromatic nitrogens is 2. The average Bonchev–Trinajstić information content (AvgIpc) is 4.03. The monoisotopic (exact) mass is 974 g/mol. The molecular weight excluding hydrogens is 921 g/mol. The van der Waals surface area contributed by atoms with Crippen LogP contribution in [-0.2, 0) is 10.8 Å². The van der Waals surface area contributed by atoms with Crippen molar-refractivity contribution in [2.45, 2.75) is 52.4 Å². The van der Waals surface area contributed by atoms with Gasteiger partial charge in [0.2, 0.25) is 0 Å². The van der Waals surface area contributed by atoms with Crippen molar-refractivity contribution in [3.8, 4) is 68.0 Å². The van der Waals surface area contributed by atoms with Gasteiger partial charge in [-0.1, -0.05) is 187 Å². The lowest BCUT2D eigenvalue weighted by atomic mass is 9.73. The zero-order valence-electron chi connectivity index (χ0n) is 43.6. The molecule has 0 radical (unpaired) electrons. The van der Waals surface area contributed by atoms with Crippen molar-refractivity contribution in [1.82, 2.24) is 9.13 Å². The number of benzene rings is 11. The first-order chi connectivity index (χ1) is 36.8. The molecule has 0 N–H and O–H groups in total. The maximum atomic E-state index is 9.80. The highest BCUT2D eigenvalue weighted by molar-refractivity contribution is 6.13. The van der Waals surface area contributed by atoms with E-state index in [1.165, 1.54) is 54.9 Å². The SMILES string of the molecule is CC(C)(C)c1c2ccc(-c3ccc(-c4ccc5c6ccc(C#N)cc6n(-c6ccccc6)c5c4)cc3)cc2c(C(C)(C)C)c2ccc(-c3ccc(-c4ccc5c6ccc(C#N)cc6n(-c6ccccc6)c5c4)cc3)cc12. The molecule has 13 aromatic rings. The maximum absolute atomic E-state index is 9.80. The minimum absolute atomic E-state index is 0.138. The van der Waals surface area contributed by atoms with E-state index in [2.05, 4.69) is 245 Å². The highest BCUT2D eigenvalue weighted by Crippen LogP contribution is 2.47. The number of hydrogen-bond donors (Lipinski definition) is 0. The molecule has 0 saturated carbocycles. The van der Waals surface area contributed by atoms with Crippen molar-refractivity contribution in [2.24, 2.45) is 0 Å². The van der Waals surface area contributed by atoms with Crippen LogP contribution in [0.15, 0.2) is 218 Å². The molecule has 0 aliphatic carbocycles. The third-order valence-corrected chi connectivity index (χ3v) is 15.5. The summed E-state index contributed by atoms with van der Waals surface area (Å²) in [6.45, 7) is 14.1. The molecule has 2 heterocycles. The van der Waals surface area contributed by atoms with Crippen LogP contribution < -0.4 is 0 Å². The Morgan fingerprint density at radius 2 is 0.553 bits per heavy atom. The Hall–Kier alpha value is -9.48. The van der Waals surface area contributed by atoms with Crippen LogP contribution in [0.1, 0.15) is 63.8 Å². The Morgan fingerprint density at radius 3 is 0.868 bits per heavy atom. The number of nitriles is 2. The molecule has 0 aliphatic heterocycles. The molecule has 0 spiro atoms. The van der Waals surface area contributed by atoms with Crippen LogP contribution in [0.3, 0.4) is 0 Å². The van der Waals surface area contributed by atoms with Gasteiger partial charge in [0.25, 0.3) is 0 Å². The molecule has 0 saturated heterocycles. The van der Waals surface area contributed by atoms with Crippen molar-refractivity contribution in [2.75, 3.05) is 0 Å².